The molecule has 1 heteroatoms. The summed E-state index contributed by atoms with van der Waals surface area (Å²) in [6.45, 7) is 3.60. The summed E-state index contributed by atoms with van der Waals surface area (Å²) in [5.41, 5.74) is 0. The van der Waals surface area contributed by atoms with E-state index in [2.05, 4.69) is 25.9 Å². The van der Waals surface area contributed by atoms with Crippen LogP contribution in [0, 0.1) is 11.8 Å². The number of rotatable bonds is 3. The zero-order chi connectivity index (χ0) is 6.85. The molecule has 1 unspecified atom stereocenters. The average molecular weight is 127 g/mol. The summed E-state index contributed by atoms with van der Waals surface area (Å²) in [4.78, 5) is 2.29. The second-order valence-corrected chi connectivity index (χ2v) is 3.43. The van der Waals surface area contributed by atoms with E-state index in [4.69, 9.17) is 0 Å². The second-order valence-electron chi connectivity index (χ2n) is 3.43. The Bertz CT molecular complexity index is 88.6. The van der Waals surface area contributed by atoms with Crippen molar-refractivity contribution in [2.45, 2.75) is 19.8 Å². The van der Waals surface area contributed by atoms with Crippen LogP contribution < -0.4 is 0 Å². The fraction of sp³-hybridized carbons (Fsp3) is 1.00. The third kappa shape index (κ3) is 1.98. The summed E-state index contributed by atoms with van der Waals surface area (Å²) >= 11 is 0. The molecular weight excluding hydrogens is 110 g/mol. The molecule has 9 heavy (non-hydrogen) atoms. The third-order valence-corrected chi connectivity index (χ3v) is 2.19. The molecule has 1 nitrogen and oxygen atoms in total. The molecule has 0 heterocycles. The van der Waals surface area contributed by atoms with Gasteiger partial charge >= 0.3 is 0 Å². The molecule has 54 valence electrons. The molecule has 0 amide bonds. The molecule has 1 aliphatic carbocycles. The van der Waals surface area contributed by atoms with Gasteiger partial charge in [0, 0.05) is 6.54 Å². The molecule has 2 atom stereocenters. The summed E-state index contributed by atoms with van der Waals surface area (Å²) in [6, 6.07) is 0. The van der Waals surface area contributed by atoms with Crippen LogP contribution in [0.25, 0.3) is 0 Å². The largest absolute Gasteiger partial charge is 0.309 e. The van der Waals surface area contributed by atoms with Crippen molar-refractivity contribution in [3.63, 3.8) is 0 Å². The first kappa shape index (κ1) is 7.07. The van der Waals surface area contributed by atoms with Crippen molar-refractivity contribution in [2.75, 3.05) is 20.6 Å². The van der Waals surface area contributed by atoms with Gasteiger partial charge in [-0.25, -0.2) is 0 Å². The first-order chi connectivity index (χ1) is 4.24. The van der Waals surface area contributed by atoms with Gasteiger partial charge in [-0.3, -0.25) is 0 Å². The van der Waals surface area contributed by atoms with E-state index in [1.54, 1.807) is 0 Å². The van der Waals surface area contributed by atoms with Crippen molar-refractivity contribution in [3.8, 4) is 0 Å². The molecule has 0 aromatic carbocycles. The summed E-state index contributed by atoms with van der Waals surface area (Å²) in [7, 11) is 4.32. The van der Waals surface area contributed by atoms with Crippen molar-refractivity contribution in [1.82, 2.24) is 4.90 Å². The number of hydrogen-bond donors (Lipinski definition) is 0. The minimum Gasteiger partial charge on any atom is -0.309 e. The lowest BCUT2D eigenvalue weighted by Gasteiger charge is -2.07. The Morgan fingerprint density at radius 2 is 2.00 bits per heavy atom. The van der Waals surface area contributed by atoms with Crippen LogP contribution in [0.1, 0.15) is 19.8 Å². The maximum Gasteiger partial charge on any atom is 0.000631 e. The van der Waals surface area contributed by atoms with Crippen molar-refractivity contribution >= 4 is 0 Å². The van der Waals surface area contributed by atoms with Gasteiger partial charge in [0.1, 0.15) is 0 Å². The van der Waals surface area contributed by atoms with E-state index < -0.39 is 0 Å². The highest BCUT2D eigenvalue weighted by atomic mass is 15.1. The van der Waals surface area contributed by atoms with Crippen LogP contribution in [0.4, 0.5) is 0 Å². The van der Waals surface area contributed by atoms with Gasteiger partial charge in [-0.15, -0.1) is 0 Å². The SMILES string of the molecule is CCC1C[C@H]1CN(C)C. The van der Waals surface area contributed by atoms with E-state index in [0.29, 0.717) is 0 Å². The van der Waals surface area contributed by atoms with E-state index in [1.165, 1.54) is 19.4 Å². The summed E-state index contributed by atoms with van der Waals surface area (Å²) in [5.74, 6) is 2.09. The van der Waals surface area contributed by atoms with Crippen LogP contribution in [0.3, 0.4) is 0 Å². The van der Waals surface area contributed by atoms with Gasteiger partial charge in [0.05, 0.1) is 0 Å². The molecule has 0 radical (unpaired) electrons. The second kappa shape index (κ2) is 2.70. The van der Waals surface area contributed by atoms with E-state index in [-0.39, 0.29) is 0 Å². The zero-order valence-electron chi connectivity index (χ0n) is 6.72. The van der Waals surface area contributed by atoms with E-state index in [9.17, 15) is 0 Å². The third-order valence-electron chi connectivity index (χ3n) is 2.19. The molecule has 0 aliphatic heterocycles. The maximum atomic E-state index is 2.29. The maximum absolute atomic E-state index is 2.29. The first-order valence-corrected chi connectivity index (χ1v) is 3.88. The Kier molecular flexibility index (Phi) is 2.12. The van der Waals surface area contributed by atoms with Crippen LogP contribution in [0.2, 0.25) is 0 Å². The monoisotopic (exact) mass is 127 g/mol. The highest BCUT2D eigenvalue weighted by molar-refractivity contribution is 4.86. The lowest BCUT2D eigenvalue weighted by molar-refractivity contribution is 0.377. The lowest BCUT2D eigenvalue weighted by atomic mass is 10.2. The molecule has 0 spiro atoms. The topological polar surface area (TPSA) is 3.24 Å². The van der Waals surface area contributed by atoms with Crippen LogP contribution in [-0.4, -0.2) is 25.5 Å². The molecule has 0 saturated heterocycles. The standard InChI is InChI=1S/C8H17N/c1-4-7-5-8(7)6-9(2)3/h7-8H,4-6H2,1-3H3/t7?,8-/m0/s1. The Morgan fingerprint density at radius 1 is 1.33 bits per heavy atom. The van der Waals surface area contributed by atoms with Crippen molar-refractivity contribution in [1.29, 1.82) is 0 Å². The first-order valence-electron chi connectivity index (χ1n) is 3.88. The molecule has 0 aromatic heterocycles. The lowest BCUT2D eigenvalue weighted by Crippen LogP contribution is -2.15. The summed E-state index contributed by atoms with van der Waals surface area (Å²) in [5, 5.41) is 0. The normalized spacial score (nSPS) is 33.3. The Labute approximate surface area is 58.0 Å². The fourth-order valence-corrected chi connectivity index (χ4v) is 1.50. The van der Waals surface area contributed by atoms with Crippen LogP contribution >= 0.6 is 0 Å². The van der Waals surface area contributed by atoms with Gasteiger partial charge in [0.25, 0.3) is 0 Å². The molecule has 1 aliphatic rings. The van der Waals surface area contributed by atoms with Crippen LogP contribution in [0.5, 0.6) is 0 Å². The van der Waals surface area contributed by atoms with Crippen molar-refractivity contribution in [3.05, 3.63) is 0 Å². The minimum absolute atomic E-state index is 1.03. The predicted octanol–water partition coefficient (Wildman–Crippen LogP) is 1.59. The molecule has 1 fully saturated rings. The smallest absolute Gasteiger partial charge is 0.000631 e. The Morgan fingerprint density at radius 3 is 2.33 bits per heavy atom. The minimum atomic E-state index is 1.03. The number of hydrogen-bond acceptors (Lipinski definition) is 1. The molecule has 1 saturated carbocycles. The van der Waals surface area contributed by atoms with Crippen molar-refractivity contribution in [2.24, 2.45) is 11.8 Å². The molecule has 1 rings (SSSR count). The van der Waals surface area contributed by atoms with E-state index in [1.807, 2.05) is 0 Å². The fourth-order valence-electron chi connectivity index (χ4n) is 1.50. The van der Waals surface area contributed by atoms with Gasteiger partial charge in [-0.2, -0.15) is 0 Å². The van der Waals surface area contributed by atoms with Gasteiger partial charge in [-0.05, 0) is 32.4 Å². The zero-order valence-corrected chi connectivity index (χ0v) is 6.72. The van der Waals surface area contributed by atoms with Crippen LogP contribution in [0.15, 0.2) is 0 Å². The summed E-state index contributed by atoms with van der Waals surface area (Å²) in [6.07, 6.45) is 2.87. The van der Waals surface area contributed by atoms with Crippen molar-refractivity contribution < 1.29 is 0 Å². The predicted molar refractivity (Wildman–Crippen MR) is 40.4 cm³/mol. The molecular formula is C8H17N. The molecule has 0 aromatic rings. The highest BCUT2D eigenvalue weighted by Crippen LogP contribution is 2.40. The van der Waals surface area contributed by atoms with Gasteiger partial charge in [-0.1, -0.05) is 13.3 Å². The molecule has 0 N–H and O–H groups in total. The number of nitrogens with zero attached hydrogens (tertiary/aromatic N) is 1. The highest BCUT2D eigenvalue weighted by Gasteiger charge is 2.34. The Balaban J connectivity index is 2.05. The van der Waals surface area contributed by atoms with Gasteiger partial charge in [0.15, 0.2) is 0 Å². The average Bonchev–Trinajstić information content (AvgIpc) is 2.45. The van der Waals surface area contributed by atoms with E-state index >= 15 is 0 Å². The van der Waals surface area contributed by atoms with E-state index in [0.717, 1.165) is 11.8 Å². The summed E-state index contributed by atoms with van der Waals surface area (Å²) < 4.78 is 0. The van der Waals surface area contributed by atoms with Gasteiger partial charge in [0.2, 0.25) is 0 Å². The Hall–Kier alpha value is -0.0400. The molecule has 0 bridgehead atoms. The quantitative estimate of drug-likeness (QED) is 0.556. The van der Waals surface area contributed by atoms with Crippen LogP contribution in [-0.2, 0) is 0 Å². The van der Waals surface area contributed by atoms with Gasteiger partial charge < -0.3 is 4.90 Å².